The highest BCUT2D eigenvalue weighted by Gasteiger charge is 2.23. The van der Waals surface area contributed by atoms with Crippen molar-refractivity contribution in [2.45, 2.75) is 13.2 Å². The molecule has 0 amide bonds. The molecular formula is C6H12N4O4. The zero-order chi connectivity index (χ0) is 10.6. The van der Waals surface area contributed by atoms with Gasteiger partial charge in [0.15, 0.2) is 5.03 Å². The summed E-state index contributed by atoms with van der Waals surface area (Å²) in [5.74, 6) is 0. The van der Waals surface area contributed by atoms with E-state index in [1.54, 1.807) is 6.92 Å². The molecule has 8 nitrogen and oxygen atoms in total. The largest absolute Gasteiger partial charge is 0.394 e. The molecule has 1 aliphatic heterocycles. The van der Waals surface area contributed by atoms with Gasteiger partial charge in [-0.2, -0.15) is 0 Å². The Bertz CT molecular complexity index is 234. The Labute approximate surface area is 80.4 Å². The van der Waals surface area contributed by atoms with Gasteiger partial charge in [-0.05, 0) is 12.0 Å². The lowest BCUT2D eigenvalue weighted by molar-refractivity contribution is -0.658. The van der Waals surface area contributed by atoms with Crippen LogP contribution in [0.25, 0.3) is 0 Å². The van der Waals surface area contributed by atoms with Crippen molar-refractivity contribution in [3.8, 4) is 0 Å². The van der Waals surface area contributed by atoms with Crippen LogP contribution in [0.4, 0.5) is 0 Å². The van der Waals surface area contributed by atoms with Gasteiger partial charge in [-0.3, -0.25) is 5.01 Å². The van der Waals surface area contributed by atoms with E-state index in [0.717, 1.165) is 0 Å². The molecule has 1 rings (SSSR count). The number of ether oxygens (including phenoxy) is 1. The fraction of sp³-hybridized carbons (Fsp3) is 0.667. The Morgan fingerprint density at radius 2 is 2.43 bits per heavy atom. The second-order valence-electron chi connectivity index (χ2n) is 2.58. The summed E-state index contributed by atoms with van der Waals surface area (Å²) in [5, 5.41) is 20.3. The minimum absolute atomic E-state index is 0.0825. The Balaban J connectivity index is 2.35. The van der Waals surface area contributed by atoms with Gasteiger partial charge in [0.05, 0.1) is 13.2 Å². The van der Waals surface area contributed by atoms with Crippen molar-refractivity contribution in [2.24, 2.45) is 0 Å². The Kier molecular flexibility index (Phi) is 3.63. The van der Waals surface area contributed by atoms with E-state index in [0.29, 0.717) is 5.12 Å². The van der Waals surface area contributed by atoms with Gasteiger partial charge in [-0.15, -0.1) is 0 Å². The molecule has 0 fully saturated rings. The number of rotatable bonds is 5. The molecule has 80 valence electrons. The average Bonchev–Trinajstić information content (AvgIpc) is 2.62. The van der Waals surface area contributed by atoms with E-state index < -0.39 is 5.03 Å². The van der Waals surface area contributed by atoms with E-state index in [9.17, 15) is 10.1 Å². The Morgan fingerprint density at radius 1 is 1.71 bits per heavy atom. The van der Waals surface area contributed by atoms with Crippen molar-refractivity contribution in [1.29, 1.82) is 0 Å². The molecular weight excluding hydrogens is 192 g/mol. The van der Waals surface area contributed by atoms with Crippen LogP contribution >= 0.6 is 0 Å². The molecule has 0 radical (unpaired) electrons. The van der Waals surface area contributed by atoms with E-state index in [-0.39, 0.29) is 19.4 Å². The quantitative estimate of drug-likeness (QED) is 0.440. The third kappa shape index (κ3) is 2.55. The molecule has 2 N–H and O–H groups in total. The maximum Gasteiger partial charge on any atom is 0.182 e. The normalized spacial score (nSPS) is 17.6. The first kappa shape index (κ1) is 10.7. The first-order valence-electron chi connectivity index (χ1n) is 4.04. The number of hydrogen-bond acceptors (Lipinski definition) is 6. The number of nitrogens with one attached hydrogen (secondary N) is 1. The highest BCUT2D eigenvalue weighted by atomic mass is 16.7. The lowest BCUT2D eigenvalue weighted by Gasteiger charge is -2.23. The van der Waals surface area contributed by atoms with Crippen LogP contribution in [0.1, 0.15) is 6.92 Å². The van der Waals surface area contributed by atoms with Gasteiger partial charge in [-0.25, -0.2) is 10.1 Å². The fourth-order valence-electron chi connectivity index (χ4n) is 0.917. The van der Waals surface area contributed by atoms with Crippen LogP contribution in [0.15, 0.2) is 12.4 Å². The molecule has 0 aromatic heterocycles. The van der Waals surface area contributed by atoms with Crippen molar-refractivity contribution in [3.63, 3.8) is 0 Å². The fourth-order valence-corrected chi connectivity index (χ4v) is 0.917. The van der Waals surface area contributed by atoms with E-state index in [4.69, 9.17) is 9.84 Å². The molecule has 8 heteroatoms. The molecule has 14 heavy (non-hydrogen) atoms. The lowest BCUT2D eigenvalue weighted by Crippen LogP contribution is -2.46. The molecule has 1 unspecified atom stereocenters. The molecule has 1 heterocycles. The molecule has 1 aliphatic rings. The molecule has 0 saturated heterocycles. The standard InChI is InChI=1S/C6H12N4O4/c1-6(14-5-4-11)8-2-3-9(7-8)10(12)13/h2-3,6-7,11H,4-5H2,1H3. The number of aliphatic hydroxyl groups excluding tert-OH is 1. The number of hydrazine groups is 3. The van der Waals surface area contributed by atoms with Crippen molar-refractivity contribution in [3.05, 3.63) is 22.5 Å². The first-order chi connectivity index (χ1) is 6.65. The number of hydrogen-bond donors (Lipinski definition) is 2. The van der Waals surface area contributed by atoms with Crippen LogP contribution in [0.3, 0.4) is 0 Å². The van der Waals surface area contributed by atoms with Crippen molar-refractivity contribution < 1.29 is 14.9 Å². The SMILES string of the molecule is CC(OCCO)N1C=CN([N+](=O)[O-])N1. The third-order valence-corrected chi connectivity index (χ3v) is 1.60. The molecule has 0 aromatic carbocycles. The van der Waals surface area contributed by atoms with Gasteiger partial charge in [-0.1, -0.05) is 5.53 Å². The average molecular weight is 204 g/mol. The summed E-state index contributed by atoms with van der Waals surface area (Å²) in [6, 6.07) is 0. The second kappa shape index (κ2) is 4.74. The summed E-state index contributed by atoms with van der Waals surface area (Å²) in [6.45, 7) is 1.81. The summed E-state index contributed by atoms with van der Waals surface area (Å²) in [5.41, 5.74) is 2.45. The van der Waals surface area contributed by atoms with E-state index in [1.807, 2.05) is 0 Å². The van der Waals surface area contributed by atoms with Crippen LogP contribution in [-0.2, 0) is 4.74 Å². The first-order valence-corrected chi connectivity index (χ1v) is 4.04. The zero-order valence-corrected chi connectivity index (χ0v) is 7.66. The van der Waals surface area contributed by atoms with Crippen LogP contribution in [0, 0.1) is 10.1 Å². The number of nitrogens with zero attached hydrogens (tertiary/aromatic N) is 3. The Morgan fingerprint density at radius 3 is 2.93 bits per heavy atom. The number of aliphatic hydroxyl groups is 1. The van der Waals surface area contributed by atoms with Crippen LogP contribution in [0.5, 0.6) is 0 Å². The summed E-state index contributed by atoms with van der Waals surface area (Å²) >= 11 is 0. The molecule has 1 atom stereocenters. The van der Waals surface area contributed by atoms with Crippen LogP contribution < -0.4 is 5.53 Å². The Hall–Kier alpha value is -1.38. The minimum atomic E-state index is -0.602. The summed E-state index contributed by atoms with van der Waals surface area (Å²) in [6.07, 6.45) is 2.35. The zero-order valence-electron chi connectivity index (χ0n) is 7.66. The van der Waals surface area contributed by atoms with Gasteiger partial charge in [0.2, 0.25) is 0 Å². The number of nitro groups is 1. The maximum absolute atomic E-state index is 10.3. The summed E-state index contributed by atoms with van der Waals surface area (Å²) in [7, 11) is 0. The smallest absolute Gasteiger partial charge is 0.182 e. The summed E-state index contributed by atoms with van der Waals surface area (Å²) < 4.78 is 5.12. The molecule has 0 bridgehead atoms. The monoisotopic (exact) mass is 204 g/mol. The molecule has 0 aromatic rings. The maximum atomic E-state index is 10.3. The predicted molar refractivity (Wildman–Crippen MR) is 45.4 cm³/mol. The predicted octanol–water partition coefficient (Wildman–Crippen LogP) is -0.959. The van der Waals surface area contributed by atoms with Gasteiger partial charge in [0.1, 0.15) is 12.4 Å². The minimum Gasteiger partial charge on any atom is -0.394 e. The van der Waals surface area contributed by atoms with Gasteiger partial charge in [0.25, 0.3) is 0 Å². The summed E-state index contributed by atoms with van der Waals surface area (Å²) in [4.78, 5) is 10.3. The molecule has 0 spiro atoms. The highest BCUT2D eigenvalue weighted by molar-refractivity contribution is 4.82. The van der Waals surface area contributed by atoms with Crippen molar-refractivity contribution >= 4 is 0 Å². The van der Waals surface area contributed by atoms with E-state index in [1.165, 1.54) is 17.4 Å². The second-order valence-corrected chi connectivity index (χ2v) is 2.58. The van der Waals surface area contributed by atoms with Crippen molar-refractivity contribution in [2.75, 3.05) is 13.2 Å². The van der Waals surface area contributed by atoms with Crippen LogP contribution in [-0.4, -0.2) is 39.7 Å². The van der Waals surface area contributed by atoms with E-state index >= 15 is 0 Å². The highest BCUT2D eigenvalue weighted by Crippen LogP contribution is 2.05. The van der Waals surface area contributed by atoms with Gasteiger partial charge < -0.3 is 9.84 Å². The van der Waals surface area contributed by atoms with E-state index in [2.05, 4.69) is 5.53 Å². The topological polar surface area (TPSA) is 91.1 Å². The molecule has 0 saturated carbocycles. The van der Waals surface area contributed by atoms with Gasteiger partial charge in [0, 0.05) is 6.20 Å². The van der Waals surface area contributed by atoms with Crippen LogP contribution in [0.2, 0.25) is 0 Å². The lowest BCUT2D eigenvalue weighted by atomic mass is 10.6. The van der Waals surface area contributed by atoms with Crippen molar-refractivity contribution in [1.82, 2.24) is 15.7 Å². The molecule has 0 aliphatic carbocycles. The van der Waals surface area contributed by atoms with Gasteiger partial charge >= 0.3 is 0 Å². The third-order valence-electron chi connectivity index (χ3n) is 1.60.